The second-order valence-electron chi connectivity index (χ2n) is 3.37. The molecule has 1 aromatic carbocycles. The van der Waals surface area contributed by atoms with E-state index in [4.69, 9.17) is 5.73 Å². The highest BCUT2D eigenvalue weighted by Gasteiger charge is 2.03. The molecular weight excluding hydrogens is 254 g/mol. The molecule has 0 aliphatic carbocycles. The van der Waals surface area contributed by atoms with Gasteiger partial charge >= 0.3 is 0 Å². The lowest BCUT2D eigenvalue weighted by molar-refractivity contribution is 0.814. The van der Waals surface area contributed by atoms with Gasteiger partial charge in [0.1, 0.15) is 6.33 Å². The fourth-order valence-corrected chi connectivity index (χ4v) is 1.90. The average Bonchev–Trinajstić information content (AvgIpc) is 2.25. The van der Waals surface area contributed by atoms with Gasteiger partial charge in [0.15, 0.2) is 0 Å². The van der Waals surface area contributed by atoms with Gasteiger partial charge in [-0.2, -0.15) is 0 Å². The van der Waals surface area contributed by atoms with E-state index >= 15 is 0 Å². The molecule has 2 N–H and O–H groups in total. The summed E-state index contributed by atoms with van der Waals surface area (Å²) in [4.78, 5) is 8.53. The van der Waals surface area contributed by atoms with Crippen LogP contribution in [-0.4, -0.2) is 16.5 Å². The molecule has 0 spiro atoms. The number of hydrogen-bond donors (Lipinski definition) is 1. The number of benzene rings is 1. The molecule has 0 amide bonds. The van der Waals surface area contributed by atoms with Crippen molar-refractivity contribution in [3.8, 4) is 0 Å². The largest absolute Gasteiger partial charge is 0.330 e. The maximum Gasteiger partial charge on any atom is 0.116 e. The molecule has 2 aromatic rings. The Bertz CT molecular complexity index is 470. The highest BCUT2D eigenvalue weighted by atomic mass is 79.9. The molecule has 0 fully saturated rings. The number of aryl methyl sites for hydroxylation is 1. The fourth-order valence-electron chi connectivity index (χ4n) is 1.55. The van der Waals surface area contributed by atoms with Gasteiger partial charge in [-0.15, -0.1) is 0 Å². The maximum atomic E-state index is 5.49. The van der Waals surface area contributed by atoms with E-state index in [0.717, 1.165) is 33.9 Å². The average molecular weight is 266 g/mol. The molecule has 1 aromatic heterocycles. The summed E-state index contributed by atoms with van der Waals surface area (Å²) in [5.41, 5.74) is 7.55. The van der Waals surface area contributed by atoms with Crippen molar-refractivity contribution in [1.29, 1.82) is 0 Å². The number of aromatic nitrogens is 2. The van der Waals surface area contributed by atoms with Crippen molar-refractivity contribution in [2.45, 2.75) is 12.8 Å². The number of rotatable bonds is 3. The van der Waals surface area contributed by atoms with Gasteiger partial charge in [-0.3, -0.25) is 0 Å². The monoisotopic (exact) mass is 265 g/mol. The molecule has 15 heavy (non-hydrogen) atoms. The zero-order chi connectivity index (χ0) is 10.7. The van der Waals surface area contributed by atoms with Crippen LogP contribution in [0.2, 0.25) is 0 Å². The first-order valence-electron chi connectivity index (χ1n) is 4.90. The van der Waals surface area contributed by atoms with Crippen molar-refractivity contribution in [3.05, 3.63) is 34.7 Å². The van der Waals surface area contributed by atoms with Crippen molar-refractivity contribution >= 4 is 26.8 Å². The third-order valence-corrected chi connectivity index (χ3v) is 2.79. The topological polar surface area (TPSA) is 51.8 Å². The zero-order valence-electron chi connectivity index (χ0n) is 8.28. The van der Waals surface area contributed by atoms with Crippen LogP contribution >= 0.6 is 15.9 Å². The van der Waals surface area contributed by atoms with E-state index in [9.17, 15) is 0 Å². The highest BCUT2D eigenvalue weighted by Crippen LogP contribution is 2.20. The lowest BCUT2D eigenvalue weighted by Crippen LogP contribution is -2.02. The third-order valence-electron chi connectivity index (χ3n) is 2.30. The van der Waals surface area contributed by atoms with Gasteiger partial charge in [0.05, 0.1) is 11.2 Å². The van der Waals surface area contributed by atoms with E-state index < -0.39 is 0 Å². The second kappa shape index (κ2) is 4.68. The van der Waals surface area contributed by atoms with E-state index in [1.165, 1.54) is 0 Å². The van der Waals surface area contributed by atoms with Gasteiger partial charge in [-0.25, -0.2) is 9.97 Å². The van der Waals surface area contributed by atoms with Crippen molar-refractivity contribution < 1.29 is 0 Å². The molecule has 4 heteroatoms. The third kappa shape index (κ3) is 2.33. The van der Waals surface area contributed by atoms with Gasteiger partial charge in [-0.05, 0) is 37.6 Å². The Morgan fingerprint density at radius 2 is 2.13 bits per heavy atom. The molecule has 1 heterocycles. The van der Waals surface area contributed by atoms with Crippen molar-refractivity contribution in [2.75, 3.05) is 6.54 Å². The molecule has 3 nitrogen and oxygen atoms in total. The van der Waals surface area contributed by atoms with Crippen LogP contribution in [0.25, 0.3) is 10.9 Å². The van der Waals surface area contributed by atoms with Gasteiger partial charge in [0.2, 0.25) is 0 Å². The van der Waals surface area contributed by atoms with E-state index in [2.05, 4.69) is 25.9 Å². The minimum absolute atomic E-state index is 0.696. The maximum absolute atomic E-state index is 5.49. The molecule has 0 aliphatic rings. The first kappa shape index (κ1) is 10.5. The summed E-state index contributed by atoms with van der Waals surface area (Å²) >= 11 is 3.43. The smallest absolute Gasteiger partial charge is 0.116 e. The van der Waals surface area contributed by atoms with Crippen LogP contribution in [0.4, 0.5) is 0 Å². The second-order valence-corrected chi connectivity index (χ2v) is 4.29. The molecule has 0 saturated carbocycles. The number of nitrogens with two attached hydrogens (primary N) is 1. The van der Waals surface area contributed by atoms with E-state index in [0.29, 0.717) is 6.54 Å². The Morgan fingerprint density at radius 1 is 1.27 bits per heavy atom. The number of hydrogen-bond acceptors (Lipinski definition) is 3. The van der Waals surface area contributed by atoms with E-state index in [1.54, 1.807) is 6.33 Å². The predicted molar refractivity (Wildman–Crippen MR) is 64.6 cm³/mol. The van der Waals surface area contributed by atoms with Crippen LogP contribution in [0.3, 0.4) is 0 Å². The number of nitrogens with zero attached hydrogens (tertiary/aromatic N) is 2. The first-order valence-corrected chi connectivity index (χ1v) is 5.70. The summed E-state index contributed by atoms with van der Waals surface area (Å²) in [6.07, 6.45) is 3.49. The van der Waals surface area contributed by atoms with Crippen LogP contribution in [0, 0.1) is 0 Å². The Morgan fingerprint density at radius 3 is 2.93 bits per heavy atom. The predicted octanol–water partition coefficient (Wildman–Crippen LogP) is 2.28. The molecule has 0 radical (unpaired) electrons. The van der Waals surface area contributed by atoms with Crippen LogP contribution in [-0.2, 0) is 6.42 Å². The molecule has 2 rings (SSSR count). The number of fused-ring (bicyclic) bond motifs is 1. The molecule has 78 valence electrons. The summed E-state index contributed by atoms with van der Waals surface area (Å²) in [5.74, 6) is 0. The van der Waals surface area contributed by atoms with Crippen molar-refractivity contribution in [1.82, 2.24) is 9.97 Å². The summed E-state index contributed by atoms with van der Waals surface area (Å²) in [7, 11) is 0. The van der Waals surface area contributed by atoms with Crippen molar-refractivity contribution in [3.63, 3.8) is 0 Å². The van der Waals surface area contributed by atoms with Crippen LogP contribution < -0.4 is 5.73 Å². The number of halogens is 1. The van der Waals surface area contributed by atoms with Gasteiger partial charge in [0, 0.05) is 9.86 Å². The van der Waals surface area contributed by atoms with Crippen molar-refractivity contribution in [2.24, 2.45) is 5.73 Å². The highest BCUT2D eigenvalue weighted by molar-refractivity contribution is 9.10. The van der Waals surface area contributed by atoms with Gasteiger partial charge in [0.25, 0.3) is 0 Å². The molecule has 0 atom stereocenters. The zero-order valence-corrected chi connectivity index (χ0v) is 9.87. The molecule has 0 aliphatic heterocycles. The molecule has 0 saturated heterocycles. The van der Waals surface area contributed by atoms with Crippen LogP contribution in [0.5, 0.6) is 0 Å². The Balaban J connectivity index is 2.46. The van der Waals surface area contributed by atoms with Crippen LogP contribution in [0.15, 0.2) is 29.0 Å². The fraction of sp³-hybridized carbons (Fsp3) is 0.273. The normalized spacial score (nSPS) is 10.8. The Hall–Kier alpha value is -1.000. The molecule has 0 unspecified atom stereocenters. The Labute approximate surface area is 96.9 Å². The first-order chi connectivity index (χ1) is 7.31. The summed E-state index contributed by atoms with van der Waals surface area (Å²) in [6, 6.07) is 6.06. The SMILES string of the molecule is NCCCc1ncnc2cc(Br)ccc12. The van der Waals surface area contributed by atoms with Gasteiger partial charge < -0.3 is 5.73 Å². The van der Waals surface area contributed by atoms with E-state index in [-0.39, 0.29) is 0 Å². The van der Waals surface area contributed by atoms with Crippen LogP contribution in [0.1, 0.15) is 12.1 Å². The van der Waals surface area contributed by atoms with Gasteiger partial charge in [-0.1, -0.05) is 15.9 Å². The lowest BCUT2D eigenvalue weighted by Gasteiger charge is -2.04. The summed E-state index contributed by atoms with van der Waals surface area (Å²) < 4.78 is 1.04. The molecular formula is C11H12BrN3. The molecule has 0 bridgehead atoms. The minimum Gasteiger partial charge on any atom is -0.330 e. The standard InChI is InChI=1S/C11H12BrN3/c12-8-3-4-9-10(2-1-5-13)14-7-15-11(9)6-8/h3-4,6-7H,1-2,5,13H2. The summed E-state index contributed by atoms with van der Waals surface area (Å²) in [5, 5.41) is 1.12. The lowest BCUT2D eigenvalue weighted by atomic mass is 10.1. The summed E-state index contributed by atoms with van der Waals surface area (Å²) in [6.45, 7) is 0.696. The Kier molecular flexibility index (Phi) is 3.28. The minimum atomic E-state index is 0.696. The van der Waals surface area contributed by atoms with E-state index in [1.807, 2.05) is 18.2 Å². The quantitative estimate of drug-likeness (QED) is 0.927.